The number of nitrogens with zero attached hydrogens (tertiary/aromatic N) is 4. The van der Waals surface area contributed by atoms with Crippen molar-refractivity contribution in [2.24, 2.45) is 10.7 Å². The third-order valence-electron chi connectivity index (χ3n) is 5.09. The van der Waals surface area contributed by atoms with Gasteiger partial charge in [0.25, 0.3) is 0 Å². The first-order chi connectivity index (χ1) is 12.3. The minimum atomic E-state index is -0.459. The number of amides is 1. The molecule has 1 amide bonds. The molecule has 150 valence electrons. The number of ether oxygens (including phenoxy) is 1. The summed E-state index contributed by atoms with van der Waals surface area (Å²) in [5.74, 6) is 0.597. The lowest BCUT2D eigenvalue weighted by molar-refractivity contribution is 0.0186. The number of likely N-dealkylation sites (tertiary alicyclic amines) is 1. The summed E-state index contributed by atoms with van der Waals surface area (Å²) >= 11 is 0. The van der Waals surface area contributed by atoms with Crippen LogP contribution in [0.2, 0.25) is 0 Å². The Morgan fingerprint density at radius 3 is 2.19 bits per heavy atom. The molecule has 0 spiro atoms. The molecular weight excluding hydrogens is 330 g/mol. The Morgan fingerprint density at radius 2 is 1.62 bits per heavy atom. The Bertz CT molecular complexity index is 475. The van der Waals surface area contributed by atoms with E-state index < -0.39 is 5.60 Å². The van der Waals surface area contributed by atoms with Crippen LogP contribution in [0.25, 0.3) is 0 Å². The van der Waals surface area contributed by atoms with Gasteiger partial charge >= 0.3 is 6.09 Å². The summed E-state index contributed by atoms with van der Waals surface area (Å²) in [6.45, 7) is 13.8. The number of nitrogens with two attached hydrogens (primary N) is 1. The molecule has 7 heteroatoms. The van der Waals surface area contributed by atoms with Crippen molar-refractivity contribution in [2.45, 2.75) is 65.0 Å². The summed E-state index contributed by atoms with van der Waals surface area (Å²) in [5.41, 5.74) is 5.71. The molecule has 0 aliphatic carbocycles. The first kappa shape index (κ1) is 20.8. The van der Waals surface area contributed by atoms with Crippen LogP contribution in [0.1, 0.15) is 53.4 Å². The average Bonchev–Trinajstić information content (AvgIpc) is 2.61. The highest BCUT2D eigenvalue weighted by molar-refractivity contribution is 5.78. The largest absolute Gasteiger partial charge is 0.444 e. The number of aliphatic imine (C=N–C) groups is 1. The van der Waals surface area contributed by atoms with Crippen LogP contribution in [-0.2, 0) is 4.74 Å². The van der Waals surface area contributed by atoms with E-state index in [2.05, 4.69) is 21.7 Å². The van der Waals surface area contributed by atoms with Gasteiger partial charge < -0.3 is 25.2 Å². The van der Waals surface area contributed by atoms with E-state index in [1.165, 1.54) is 32.4 Å². The van der Waals surface area contributed by atoms with Crippen LogP contribution >= 0.6 is 0 Å². The highest BCUT2D eigenvalue weighted by atomic mass is 16.6. The summed E-state index contributed by atoms with van der Waals surface area (Å²) in [4.78, 5) is 23.0. The minimum absolute atomic E-state index is 0.247. The topological polar surface area (TPSA) is 74.4 Å². The second-order valence-electron chi connectivity index (χ2n) is 8.43. The Kier molecular flexibility index (Phi) is 7.55. The molecular formula is C19H37N5O2. The molecule has 0 aromatic rings. The fourth-order valence-corrected chi connectivity index (χ4v) is 3.45. The maximum atomic E-state index is 12.1. The lowest BCUT2D eigenvalue weighted by Crippen LogP contribution is -2.53. The van der Waals surface area contributed by atoms with Crippen molar-refractivity contribution in [1.82, 2.24) is 14.7 Å². The Hall–Kier alpha value is -1.50. The normalized spacial score (nSPS) is 21.6. The second kappa shape index (κ2) is 9.44. The van der Waals surface area contributed by atoms with Gasteiger partial charge in [-0.1, -0.05) is 6.42 Å². The molecule has 1 atom stereocenters. The quantitative estimate of drug-likeness (QED) is 0.608. The molecule has 26 heavy (non-hydrogen) atoms. The van der Waals surface area contributed by atoms with E-state index in [0.717, 1.165) is 13.0 Å². The summed E-state index contributed by atoms with van der Waals surface area (Å²) in [6, 6.07) is 0.566. The van der Waals surface area contributed by atoms with Crippen molar-refractivity contribution in [3.05, 3.63) is 0 Å². The van der Waals surface area contributed by atoms with Crippen molar-refractivity contribution in [3.8, 4) is 0 Å². The highest BCUT2D eigenvalue weighted by Crippen LogP contribution is 2.14. The first-order valence-electron chi connectivity index (χ1n) is 10.0. The molecule has 0 bridgehead atoms. The zero-order valence-corrected chi connectivity index (χ0v) is 17.0. The van der Waals surface area contributed by atoms with Crippen molar-refractivity contribution < 1.29 is 9.53 Å². The third kappa shape index (κ3) is 6.67. The van der Waals surface area contributed by atoms with Crippen molar-refractivity contribution >= 4 is 12.1 Å². The van der Waals surface area contributed by atoms with Crippen molar-refractivity contribution in [2.75, 3.05) is 45.8 Å². The second-order valence-corrected chi connectivity index (χ2v) is 8.43. The summed E-state index contributed by atoms with van der Waals surface area (Å²) in [7, 11) is 0. The Labute approximate surface area is 158 Å². The molecule has 0 saturated carbocycles. The van der Waals surface area contributed by atoms with Gasteiger partial charge in [-0.25, -0.2) is 4.79 Å². The van der Waals surface area contributed by atoms with E-state index in [4.69, 9.17) is 10.5 Å². The summed E-state index contributed by atoms with van der Waals surface area (Å²) in [5, 5.41) is 0. The molecule has 2 aliphatic heterocycles. The average molecular weight is 368 g/mol. The standard InChI is InChI=1S/C19H37N5O2/c1-16(22-10-6-5-7-11-22)8-9-21-17(20)23-12-14-24(15-13-23)18(25)26-19(2,3)4/h16H,5-15H2,1-4H3,(H2,20,21). The molecule has 2 saturated heterocycles. The maximum absolute atomic E-state index is 12.1. The highest BCUT2D eigenvalue weighted by Gasteiger charge is 2.26. The van der Waals surface area contributed by atoms with Crippen molar-refractivity contribution in [3.63, 3.8) is 0 Å². The number of carbonyl (C=O) groups excluding carboxylic acids is 1. The van der Waals surface area contributed by atoms with Gasteiger partial charge in [-0.2, -0.15) is 0 Å². The molecule has 0 aromatic heterocycles. The van der Waals surface area contributed by atoms with Crippen LogP contribution < -0.4 is 5.73 Å². The van der Waals surface area contributed by atoms with E-state index in [1.54, 1.807) is 4.90 Å². The van der Waals surface area contributed by atoms with Crippen LogP contribution in [0.5, 0.6) is 0 Å². The Morgan fingerprint density at radius 1 is 1.04 bits per heavy atom. The smallest absolute Gasteiger partial charge is 0.410 e. The van der Waals surface area contributed by atoms with Gasteiger partial charge in [-0.05, 0) is 60.0 Å². The van der Waals surface area contributed by atoms with Gasteiger partial charge in [-0.15, -0.1) is 0 Å². The number of carbonyl (C=O) groups is 1. The lowest BCUT2D eigenvalue weighted by Gasteiger charge is -2.36. The van der Waals surface area contributed by atoms with Crippen LogP contribution in [0.3, 0.4) is 0 Å². The van der Waals surface area contributed by atoms with Crippen molar-refractivity contribution in [1.29, 1.82) is 0 Å². The number of piperazine rings is 1. The van der Waals surface area contributed by atoms with Crippen LogP contribution in [0.4, 0.5) is 4.79 Å². The minimum Gasteiger partial charge on any atom is -0.444 e. The van der Waals surface area contributed by atoms with Gasteiger partial charge in [-0.3, -0.25) is 4.99 Å². The van der Waals surface area contributed by atoms with Gasteiger partial charge in [0.05, 0.1) is 0 Å². The molecule has 0 aromatic carbocycles. The van der Waals surface area contributed by atoms with Gasteiger partial charge in [0.15, 0.2) is 5.96 Å². The van der Waals surface area contributed by atoms with E-state index in [1.807, 2.05) is 20.8 Å². The number of hydrogen-bond donors (Lipinski definition) is 1. The van der Waals surface area contributed by atoms with Gasteiger partial charge in [0.1, 0.15) is 5.60 Å². The van der Waals surface area contributed by atoms with Gasteiger partial charge in [0, 0.05) is 38.8 Å². The predicted molar refractivity (Wildman–Crippen MR) is 105 cm³/mol. The fraction of sp³-hybridized carbons (Fsp3) is 0.895. The lowest BCUT2D eigenvalue weighted by atomic mass is 10.1. The Balaban J connectivity index is 1.70. The number of guanidine groups is 1. The molecule has 2 rings (SSSR count). The van der Waals surface area contributed by atoms with E-state index >= 15 is 0 Å². The predicted octanol–water partition coefficient (Wildman–Crippen LogP) is 2.12. The molecule has 2 N–H and O–H groups in total. The summed E-state index contributed by atoms with van der Waals surface area (Å²) < 4.78 is 5.42. The maximum Gasteiger partial charge on any atom is 0.410 e. The van der Waals surface area contributed by atoms with E-state index in [-0.39, 0.29) is 6.09 Å². The van der Waals surface area contributed by atoms with E-state index in [9.17, 15) is 4.79 Å². The SMILES string of the molecule is CC(CCN=C(N)N1CCN(C(=O)OC(C)(C)C)CC1)N1CCCCC1. The first-order valence-corrected chi connectivity index (χ1v) is 10.0. The molecule has 2 fully saturated rings. The van der Waals surface area contributed by atoms with E-state index in [0.29, 0.717) is 38.2 Å². The molecule has 0 radical (unpaired) electrons. The third-order valence-corrected chi connectivity index (χ3v) is 5.09. The zero-order valence-electron chi connectivity index (χ0n) is 17.0. The van der Waals surface area contributed by atoms with Gasteiger partial charge in [0.2, 0.25) is 0 Å². The zero-order chi connectivity index (χ0) is 19.2. The number of hydrogen-bond acceptors (Lipinski definition) is 4. The molecule has 2 aliphatic rings. The summed E-state index contributed by atoms with van der Waals surface area (Å²) in [6.07, 6.45) is 4.79. The van der Waals surface area contributed by atoms with Crippen LogP contribution in [-0.4, -0.2) is 84.2 Å². The number of rotatable bonds is 4. The molecule has 1 unspecified atom stereocenters. The number of piperidine rings is 1. The molecule has 7 nitrogen and oxygen atoms in total. The monoisotopic (exact) mass is 367 g/mol. The fourth-order valence-electron chi connectivity index (χ4n) is 3.45. The van der Waals surface area contributed by atoms with Crippen LogP contribution in [0, 0.1) is 0 Å². The molecule has 2 heterocycles. The van der Waals surface area contributed by atoms with Crippen LogP contribution in [0.15, 0.2) is 4.99 Å².